The zero-order valence-electron chi connectivity index (χ0n) is 20.0. The van der Waals surface area contributed by atoms with Crippen LogP contribution in [0.25, 0.3) is 0 Å². The molecular formula is C26H34N2O5. The van der Waals surface area contributed by atoms with Crippen molar-refractivity contribution >= 4 is 5.91 Å². The molecule has 33 heavy (non-hydrogen) atoms. The first kappa shape index (κ1) is 23.2. The van der Waals surface area contributed by atoms with Crippen LogP contribution in [0.15, 0.2) is 36.4 Å². The van der Waals surface area contributed by atoms with Gasteiger partial charge in [-0.15, -0.1) is 0 Å². The number of likely N-dealkylation sites (tertiary alicyclic amines) is 2. The molecular weight excluding hydrogens is 420 g/mol. The smallest absolute Gasteiger partial charge is 0.237 e. The molecule has 2 saturated heterocycles. The number of hydrogen-bond acceptors (Lipinski definition) is 6. The minimum absolute atomic E-state index is 0.000810. The zero-order valence-corrected chi connectivity index (χ0v) is 20.0. The van der Waals surface area contributed by atoms with E-state index in [0.29, 0.717) is 6.54 Å². The van der Waals surface area contributed by atoms with E-state index in [9.17, 15) is 4.79 Å². The lowest BCUT2D eigenvalue weighted by Gasteiger charge is -2.31. The van der Waals surface area contributed by atoms with Gasteiger partial charge in [0.1, 0.15) is 23.0 Å². The van der Waals surface area contributed by atoms with E-state index in [1.807, 2.05) is 35.2 Å². The minimum atomic E-state index is -0.000810. The molecule has 2 aliphatic rings. The SMILES string of the molecule is COc1ccc([C@@H]2CCCN2CC(=O)N2CCC[C@@H]2c2cc(OC)ccc2OC)c(OC)c1. The van der Waals surface area contributed by atoms with E-state index in [1.54, 1.807) is 28.4 Å². The van der Waals surface area contributed by atoms with Gasteiger partial charge in [0.05, 0.1) is 41.0 Å². The van der Waals surface area contributed by atoms with Crippen LogP contribution in [0.5, 0.6) is 23.0 Å². The van der Waals surface area contributed by atoms with Crippen molar-refractivity contribution < 1.29 is 23.7 Å². The maximum absolute atomic E-state index is 13.5. The van der Waals surface area contributed by atoms with Crippen LogP contribution in [-0.2, 0) is 4.79 Å². The van der Waals surface area contributed by atoms with E-state index >= 15 is 0 Å². The number of carbonyl (C=O) groups is 1. The predicted molar refractivity (Wildman–Crippen MR) is 126 cm³/mol. The van der Waals surface area contributed by atoms with Gasteiger partial charge in [-0.25, -0.2) is 0 Å². The third-order valence-corrected chi connectivity index (χ3v) is 6.87. The summed E-state index contributed by atoms with van der Waals surface area (Å²) in [7, 11) is 6.66. The van der Waals surface area contributed by atoms with Gasteiger partial charge in [0.15, 0.2) is 0 Å². The maximum Gasteiger partial charge on any atom is 0.237 e. The van der Waals surface area contributed by atoms with Crippen molar-refractivity contribution in [3.8, 4) is 23.0 Å². The summed E-state index contributed by atoms with van der Waals surface area (Å²) < 4.78 is 22.0. The third kappa shape index (κ3) is 4.74. The molecule has 7 nitrogen and oxygen atoms in total. The molecule has 2 aliphatic heterocycles. The van der Waals surface area contributed by atoms with E-state index in [0.717, 1.165) is 72.9 Å². The normalized spacial score (nSPS) is 20.7. The Morgan fingerprint density at radius 2 is 1.45 bits per heavy atom. The Morgan fingerprint density at radius 3 is 2.18 bits per heavy atom. The topological polar surface area (TPSA) is 60.5 Å². The van der Waals surface area contributed by atoms with E-state index < -0.39 is 0 Å². The molecule has 0 spiro atoms. The van der Waals surface area contributed by atoms with Gasteiger partial charge >= 0.3 is 0 Å². The molecule has 1 amide bonds. The van der Waals surface area contributed by atoms with Gasteiger partial charge in [-0.1, -0.05) is 6.07 Å². The van der Waals surface area contributed by atoms with Crippen molar-refractivity contribution in [3.63, 3.8) is 0 Å². The molecule has 7 heteroatoms. The summed E-state index contributed by atoms with van der Waals surface area (Å²) >= 11 is 0. The summed E-state index contributed by atoms with van der Waals surface area (Å²) in [5, 5.41) is 0. The second-order valence-electron chi connectivity index (χ2n) is 8.59. The molecule has 0 N–H and O–H groups in total. The quantitative estimate of drug-likeness (QED) is 0.595. The first-order chi connectivity index (χ1) is 16.1. The number of ether oxygens (including phenoxy) is 4. The van der Waals surface area contributed by atoms with Gasteiger partial charge in [-0.2, -0.15) is 0 Å². The summed E-state index contributed by atoms with van der Waals surface area (Å²) in [5.41, 5.74) is 2.12. The summed E-state index contributed by atoms with van der Waals surface area (Å²) in [6, 6.07) is 11.9. The fourth-order valence-corrected chi connectivity index (χ4v) is 5.21. The molecule has 0 aromatic heterocycles. The third-order valence-electron chi connectivity index (χ3n) is 6.87. The van der Waals surface area contributed by atoms with Crippen LogP contribution < -0.4 is 18.9 Å². The Labute approximate surface area is 196 Å². The molecule has 2 heterocycles. The van der Waals surface area contributed by atoms with Crippen LogP contribution in [-0.4, -0.2) is 63.8 Å². The molecule has 4 rings (SSSR count). The molecule has 2 atom stereocenters. The van der Waals surface area contributed by atoms with Crippen molar-refractivity contribution in [3.05, 3.63) is 47.5 Å². The molecule has 178 valence electrons. The Morgan fingerprint density at radius 1 is 0.788 bits per heavy atom. The van der Waals surface area contributed by atoms with Crippen LogP contribution >= 0.6 is 0 Å². The van der Waals surface area contributed by atoms with Crippen LogP contribution in [0.4, 0.5) is 0 Å². The minimum Gasteiger partial charge on any atom is -0.497 e. The number of nitrogens with zero attached hydrogens (tertiary/aromatic N) is 2. The van der Waals surface area contributed by atoms with Crippen molar-refractivity contribution in [2.45, 2.75) is 37.8 Å². The highest BCUT2D eigenvalue weighted by Crippen LogP contribution is 2.41. The summed E-state index contributed by atoms with van der Waals surface area (Å²) in [6.45, 7) is 2.05. The van der Waals surface area contributed by atoms with Gasteiger partial charge in [0.2, 0.25) is 5.91 Å². The average Bonchev–Trinajstić information content (AvgIpc) is 3.53. The number of rotatable bonds is 8. The van der Waals surface area contributed by atoms with Gasteiger partial charge in [-0.3, -0.25) is 9.69 Å². The Hall–Kier alpha value is -2.93. The monoisotopic (exact) mass is 454 g/mol. The Kier molecular flexibility index (Phi) is 7.28. The zero-order chi connectivity index (χ0) is 23.4. The number of hydrogen-bond donors (Lipinski definition) is 0. The number of methoxy groups -OCH3 is 4. The second kappa shape index (κ2) is 10.3. The average molecular weight is 455 g/mol. The van der Waals surface area contributed by atoms with Gasteiger partial charge in [-0.05, 0) is 56.5 Å². The summed E-state index contributed by atoms with van der Waals surface area (Å²) in [4.78, 5) is 17.8. The summed E-state index contributed by atoms with van der Waals surface area (Å²) in [5.74, 6) is 3.29. The van der Waals surface area contributed by atoms with E-state index in [2.05, 4.69) is 11.0 Å². The number of benzene rings is 2. The second-order valence-corrected chi connectivity index (χ2v) is 8.59. The molecule has 0 unspecified atom stereocenters. The van der Waals surface area contributed by atoms with Crippen LogP contribution in [0.2, 0.25) is 0 Å². The molecule has 2 aromatic carbocycles. The molecule has 0 radical (unpaired) electrons. The maximum atomic E-state index is 13.5. The van der Waals surface area contributed by atoms with Crippen LogP contribution in [0, 0.1) is 0 Å². The highest BCUT2D eigenvalue weighted by atomic mass is 16.5. The highest BCUT2D eigenvalue weighted by Gasteiger charge is 2.36. The van der Waals surface area contributed by atoms with Gasteiger partial charge < -0.3 is 23.8 Å². The van der Waals surface area contributed by atoms with Crippen LogP contribution in [0.3, 0.4) is 0 Å². The van der Waals surface area contributed by atoms with Gasteiger partial charge in [0, 0.05) is 29.8 Å². The fraction of sp³-hybridized carbons (Fsp3) is 0.500. The fourth-order valence-electron chi connectivity index (χ4n) is 5.21. The van der Waals surface area contributed by atoms with E-state index in [-0.39, 0.29) is 18.0 Å². The first-order valence-corrected chi connectivity index (χ1v) is 11.6. The van der Waals surface area contributed by atoms with Crippen molar-refractivity contribution in [2.75, 3.05) is 48.1 Å². The molecule has 0 saturated carbocycles. The lowest BCUT2D eigenvalue weighted by atomic mass is 10.0. The lowest BCUT2D eigenvalue weighted by molar-refractivity contribution is -0.133. The number of carbonyl (C=O) groups excluding carboxylic acids is 1. The Balaban J connectivity index is 1.53. The molecule has 0 aliphatic carbocycles. The predicted octanol–water partition coefficient (Wildman–Crippen LogP) is 4.22. The van der Waals surface area contributed by atoms with E-state index in [1.165, 1.54) is 0 Å². The molecule has 2 fully saturated rings. The molecule has 2 aromatic rings. The van der Waals surface area contributed by atoms with Crippen LogP contribution in [0.1, 0.15) is 48.9 Å². The van der Waals surface area contributed by atoms with Crippen molar-refractivity contribution in [1.82, 2.24) is 9.80 Å². The number of amides is 1. The molecule has 0 bridgehead atoms. The lowest BCUT2D eigenvalue weighted by Crippen LogP contribution is -2.40. The van der Waals surface area contributed by atoms with Crippen molar-refractivity contribution in [1.29, 1.82) is 0 Å². The van der Waals surface area contributed by atoms with Gasteiger partial charge in [0.25, 0.3) is 0 Å². The standard InChI is InChI=1S/C26H34N2O5/c1-30-18-10-12-24(32-3)21(15-18)23-8-6-14-28(23)26(29)17-27-13-5-7-22(27)20-11-9-19(31-2)16-25(20)33-4/h9-12,15-16,22-23H,5-8,13-14,17H2,1-4H3/t22-,23+/m0/s1. The Bertz CT molecular complexity index is 979. The largest absolute Gasteiger partial charge is 0.497 e. The first-order valence-electron chi connectivity index (χ1n) is 11.6. The van der Waals surface area contributed by atoms with E-state index in [4.69, 9.17) is 18.9 Å². The summed E-state index contributed by atoms with van der Waals surface area (Å²) in [6.07, 6.45) is 3.96. The van der Waals surface area contributed by atoms with Crippen molar-refractivity contribution in [2.24, 2.45) is 0 Å². The highest BCUT2D eigenvalue weighted by molar-refractivity contribution is 5.79.